The van der Waals surface area contributed by atoms with Crippen molar-refractivity contribution >= 4 is 54.8 Å². The molecule has 2 aromatic rings. The number of nitrogen functional groups attached to an aromatic ring is 1. The summed E-state index contributed by atoms with van der Waals surface area (Å²) in [4.78, 5) is 11.4. The highest BCUT2D eigenvalue weighted by atomic mass is 79.9. The molecule has 0 spiro atoms. The summed E-state index contributed by atoms with van der Waals surface area (Å²) in [6.45, 7) is 0. The molecule has 0 radical (unpaired) electrons. The van der Waals surface area contributed by atoms with Gasteiger partial charge in [0.2, 0.25) is 0 Å². The van der Waals surface area contributed by atoms with Crippen molar-refractivity contribution in [1.82, 2.24) is 0 Å². The molecule has 2 rings (SSSR count). The third-order valence-electron chi connectivity index (χ3n) is 2.51. The van der Waals surface area contributed by atoms with E-state index in [1.54, 1.807) is 18.2 Å². The highest BCUT2D eigenvalue weighted by Gasteiger charge is 2.10. The molecule has 6 heteroatoms. The van der Waals surface area contributed by atoms with Crippen LogP contribution in [0.3, 0.4) is 0 Å². The number of benzene rings is 2. The molecule has 19 heavy (non-hydrogen) atoms. The minimum absolute atomic E-state index is 0.356. The summed E-state index contributed by atoms with van der Waals surface area (Å²) >= 11 is 6.83. The van der Waals surface area contributed by atoms with Gasteiger partial charge in [-0.2, -0.15) is 0 Å². The normalized spacial score (nSPS) is 10.2. The fourth-order valence-corrected chi connectivity index (χ4v) is 2.76. The lowest BCUT2D eigenvalue weighted by Crippen LogP contribution is -2.13. The summed E-state index contributed by atoms with van der Waals surface area (Å²) in [6, 6.07) is 10.7. The number of hydrogen-bond acceptors (Lipinski definition) is 3. The van der Waals surface area contributed by atoms with Crippen molar-refractivity contribution in [2.45, 2.75) is 0 Å². The van der Waals surface area contributed by atoms with E-state index in [0.29, 0.717) is 16.9 Å². The van der Waals surface area contributed by atoms with Gasteiger partial charge >= 0.3 is 0 Å². The number of carbonyl (C=O) groups is 1. The van der Waals surface area contributed by atoms with Crippen LogP contribution in [0.1, 0.15) is 10.4 Å². The number of amides is 1. The monoisotopic (exact) mass is 383 g/mol. The zero-order valence-electron chi connectivity index (χ0n) is 9.78. The summed E-state index contributed by atoms with van der Waals surface area (Å²) in [7, 11) is 0. The van der Waals surface area contributed by atoms with E-state index in [1.807, 2.05) is 18.2 Å². The average Bonchev–Trinajstić information content (AvgIpc) is 2.34. The highest BCUT2D eigenvalue weighted by molar-refractivity contribution is 9.11. The second kappa shape index (κ2) is 5.63. The Balaban J connectivity index is 2.40. The first kappa shape index (κ1) is 13.9. The molecule has 5 N–H and O–H groups in total. The first-order valence-corrected chi connectivity index (χ1v) is 6.97. The highest BCUT2D eigenvalue weighted by Crippen LogP contribution is 2.30. The number of nitrogens with two attached hydrogens (primary N) is 2. The molecule has 0 atom stereocenters. The van der Waals surface area contributed by atoms with Crippen LogP contribution in [0, 0.1) is 0 Å². The SMILES string of the molecule is NC(=O)c1cc(N)ccc1Nc1ccc(Br)cc1Br. The second-order valence-corrected chi connectivity index (χ2v) is 5.69. The Morgan fingerprint density at radius 1 is 1.05 bits per heavy atom. The number of halogens is 2. The van der Waals surface area contributed by atoms with E-state index in [0.717, 1.165) is 14.6 Å². The maximum Gasteiger partial charge on any atom is 0.250 e. The van der Waals surface area contributed by atoms with Gasteiger partial charge in [0.05, 0.1) is 16.9 Å². The van der Waals surface area contributed by atoms with Crippen LogP contribution < -0.4 is 16.8 Å². The van der Waals surface area contributed by atoms with Crippen LogP contribution in [0.2, 0.25) is 0 Å². The molecule has 0 heterocycles. The van der Waals surface area contributed by atoms with Gasteiger partial charge in [0.25, 0.3) is 5.91 Å². The van der Waals surface area contributed by atoms with Crippen molar-refractivity contribution in [2.24, 2.45) is 5.73 Å². The summed E-state index contributed by atoms with van der Waals surface area (Å²) < 4.78 is 1.83. The zero-order chi connectivity index (χ0) is 14.0. The van der Waals surface area contributed by atoms with Crippen LogP contribution in [0.25, 0.3) is 0 Å². The van der Waals surface area contributed by atoms with Crippen molar-refractivity contribution in [1.29, 1.82) is 0 Å². The van der Waals surface area contributed by atoms with Crippen LogP contribution >= 0.6 is 31.9 Å². The quantitative estimate of drug-likeness (QED) is 0.706. The van der Waals surface area contributed by atoms with Crippen LogP contribution in [-0.2, 0) is 0 Å². The Bertz CT molecular complexity index is 644. The van der Waals surface area contributed by atoms with Gasteiger partial charge in [0.15, 0.2) is 0 Å². The molecule has 0 bridgehead atoms. The molecule has 0 fully saturated rings. The molecule has 0 saturated carbocycles. The van der Waals surface area contributed by atoms with E-state index >= 15 is 0 Å². The maximum atomic E-state index is 11.4. The van der Waals surface area contributed by atoms with Crippen molar-refractivity contribution in [2.75, 3.05) is 11.1 Å². The van der Waals surface area contributed by atoms with Crippen LogP contribution in [0.15, 0.2) is 45.3 Å². The Morgan fingerprint density at radius 3 is 2.37 bits per heavy atom. The van der Waals surface area contributed by atoms with E-state index in [2.05, 4.69) is 37.2 Å². The third-order valence-corrected chi connectivity index (χ3v) is 3.66. The molecule has 0 aromatic heterocycles. The van der Waals surface area contributed by atoms with Crippen LogP contribution in [0.5, 0.6) is 0 Å². The van der Waals surface area contributed by atoms with Gasteiger partial charge in [0, 0.05) is 14.6 Å². The van der Waals surface area contributed by atoms with Crippen LogP contribution in [0.4, 0.5) is 17.1 Å². The van der Waals surface area contributed by atoms with Gasteiger partial charge < -0.3 is 16.8 Å². The maximum absolute atomic E-state index is 11.4. The molecule has 0 aliphatic heterocycles. The van der Waals surface area contributed by atoms with E-state index in [9.17, 15) is 4.79 Å². The van der Waals surface area contributed by atoms with E-state index in [1.165, 1.54) is 0 Å². The van der Waals surface area contributed by atoms with Crippen molar-refractivity contribution in [3.63, 3.8) is 0 Å². The van der Waals surface area contributed by atoms with Crippen molar-refractivity contribution in [3.05, 3.63) is 50.9 Å². The molecule has 4 nitrogen and oxygen atoms in total. The topological polar surface area (TPSA) is 81.1 Å². The Kier molecular flexibility index (Phi) is 4.11. The van der Waals surface area contributed by atoms with Gasteiger partial charge in [-0.15, -0.1) is 0 Å². The van der Waals surface area contributed by atoms with E-state index in [-0.39, 0.29) is 0 Å². The molecule has 0 aliphatic carbocycles. The Hall–Kier alpha value is -1.53. The number of primary amides is 1. The summed E-state index contributed by atoms with van der Waals surface area (Å²) in [5, 5.41) is 3.15. The van der Waals surface area contributed by atoms with Gasteiger partial charge in [-0.05, 0) is 52.3 Å². The first-order chi connectivity index (χ1) is 8.97. The summed E-state index contributed by atoms with van der Waals surface area (Å²) in [6.07, 6.45) is 0. The van der Waals surface area contributed by atoms with E-state index in [4.69, 9.17) is 11.5 Å². The second-order valence-electron chi connectivity index (χ2n) is 3.92. The average molecular weight is 385 g/mol. The van der Waals surface area contributed by atoms with Gasteiger partial charge in [-0.25, -0.2) is 0 Å². The molecule has 98 valence electrons. The molecule has 2 aromatic carbocycles. The largest absolute Gasteiger partial charge is 0.399 e. The van der Waals surface area contributed by atoms with E-state index < -0.39 is 5.91 Å². The predicted octanol–water partition coefficient (Wildman–Crippen LogP) is 3.64. The third kappa shape index (κ3) is 3.27. The Labute approximate surface area is 127 Å². The smallest absolute Gasteiger partial charge is 0.250 e. The fraction of sp³-hybridized carbons (Fsp3) is 0. The molecule has 0 unspecified atom stereocenters. The minimum atomic E-state index is -0.525. The minimum Gasteiger partial charge on any atom is -0.399 e. The molecule has 0 saturated heterocycles. The van der Waals surface area contributed by atoms with Crippen molar-refractivity contribution < 1.29 is 4.79 Å². The summed E-state index contributed by atoms with van der Waals surface area (Å²) in [5.74, 6) is -0.525. The molecular weight excluding hydrogens is 374 g/mol. The fourth-order valence-electron chi connectivity index (χ4n) is 1.61. The number of anilines is 3. The first-order valence-electron chi connectivity index (χ1n) is 5.39. The van der Waals surface area contributed by atoms with Gasteiger partial charge in [-0.1, -0.05) is 15.9 Å². The van der Waals surface area contributed by atoms with Crippen molar-refractivity contribution in [3.8, 4) is 0 Å². The number of nitrogens with one attached hydrogen (secondary N) is 1. The summed E-state index contributed by atoms with van der Waals surface area (Å²) in [5.41, 5.74) is 13.3. The lowest BCUT2D eigenvalue weighted by atomic mass is 10.1. The number of carbonyl (C=O) groups excluding carboxylic acids is 1. The Morgan fingerprint density at radius 2 is 1.74 bits per heavy atom. The molecular formula is C13H11Br2N3O. The standard InChI is InChI=1S/C13H11Br2N3O/c14-7-1-3-12(10(15)5-7)18-11-4-2-8(16)6-9(11)13(17)19/h1-6,18H,16H2,(H2,17,19). The lowest BCUT2D eigenvalue weighted by molar-refractivity contribution is 0.100. The molecule has 0 aliphatic rings. The van der Waals surface area contributed by atoms with Crippen LogP contribution in [-0.4, -0.2) is 5.91 Å². The van der Waals surface area contributed by atoms with Gasteiger partial charge in [-0.3, -0.25) is 4.79 Å². The van der Waals surface area contributed by atoms with Gasteiger partial charge in [0.1, 0.15) is 0 Å². The lowest BCUT2D eigenvalue weighted by Gasteiger charge is -2.12. The number of rotatable bonds is 3. The zero-order valence-corrected chi connectivity index (χ0v) is 13.0. The molecule has 1 amide bonds. The predicted molar refractivity (Wildman–Crippen MR) is 84.5 cm³/mol. The number of hydrogen-bond donors (Lipinski definition) is 3.